The molecule has 0 bridgehead atoms. The number of hydrogen-bond donors (Lipinski definition) is 3. The van der Waals surface area contributed by atoms with Crippen LogP contribution >= 0.6 is 11.6 Å². The smallest absolute Gasteiger partial charge is 0.372 e. The molecule has 23 heavy (non-hydrogen) atoms. The molecule has 1 aliphatic rings. The van der Waals surface area contributed by atoms with Crippen LogP contribution < -0.4 is 5.32 Å². The van der Waals surface area contributed by atoms with Crippen LogP contribution in [0.25, 0.3) is 0 Å². The molecule has 0 amide bonds. The number of benzene rings is 1. The van der Waals surface area contributed by atoms with Crippen LogP contribution in [0.4, 0.5) is 0 Å². The van der Waals surface area contributed by atoms with Crippen molar-refractivity contribution in [3.8, 4) is 0 Å². The number of fused-ring (bicyclic) bond motifs is 1. The lowest BCUT2D eigenvalue weighted by atomic mass is 10.0. The van der Waals surface area contributed by atoms with E-state index in [2.05, 4.69) is 23.5 Å². The van der Waals surface area contributed by atoms with Crippen LogP contribution in [0.15, 0.2) is 18.2 Å². The Morgan fingerprint density at radius 1 is 1.04 bits per heavy atom. The van der Waals surface area contributed by atoms with Crippen molar-refractivity contribution in [3.05, 3.63) is 34.9 Å². The van der Waals surface area contributed by atoms with E-state index < -0.39 is 30.6 Å². The van der Waals surface area contributed by atoms with Gasteiger partial charge < -0.3 is 15.5 Å². The molecule has 0 aromatic heterocycles. The van der Waals surface area contributed by atoms with E-state index in [1.54, 1.807) is 0 Å². The standard InChI is InChI=1S/C11H14ClN.C5H6O5/c12-8-9-1-2-10-3-5-13-6-4-11(10)7-9;6-3(5(9)10)1-2-4(7)8/h1-2,7,13H,3-6,8H2;1-2H2,(H,7,8)(H,9,10). The van der Waals surface area contributed by atoms with Gasteiger partial charge in [-0.2, -0.15) is 0 Å². The molecule has 7 heteroatoms. The van der Waals surface area contributed by atoms with Gasteiger partial charge in [0.05, 0.1) is 6.42 Å². The maximum atomic E-state index is 10.2. The third kappa shape index (κ3) is 7.25. The summed E-state index contributed by atoms with van der Waals surface area (Å²) in [6, 6.07) is 6.60. The minimum atomic E-state index is -1.58. The summed E-state index contributed by atoms with van der Waals surface area (Å²) in [5.74, 6) is -3.20. The van der Waals surface area contributed by atoms with Gasteiger partial charge in [0.15, 0.2) is 0 Å². The molecule has 0 fully saturated rings. The number of carbonyl (C=O) groups excluding carboxylic acids is 1. The molecule has 1 aromatic rings. The van der Waals surface area contributed by atoms with Gasteiger partial charge in [0.25, 0.3) is 0 Å². The molecular formula is C16H20ClNO5. The van der Waals surface area contributed by atoms with Crippen LogP contribution in [-0.2, 0) is 33.1 Å². The first kappa shape index (κ1) is 19.1. The lowest BCUT2D eigenvalue weighted by Gasteiger charge is -2.06. The fourth-order valence-corrected chi connectivity index (χ4v) is 2.30. The largest absolute Gasteiger partial charge is 0.481 e. The average Bonchev–Trinajstić information content (AvgIpc) is 2.77. The number of ketones is 1. The number of hydrogen-bond acceptors (Lipinski definition) is 4. The number of Topliss-reactive ketones (excluding diaryl/α,β-unsaturated/α-hetero) is 1. The molecule has 0 atom stereocenters. The van der Waals surface area contributed by atoms with E-state index in [-0.39, 0.29) is 0 Å². The molecule has 0 saturated carbocycles. The Kier molecular flexibility index (Phi) is 8.29. The average molecular weight is 342 g/mol. The van der Waals surface area contributed by atoms with E-state index in [9.17, 15) is 14.4 Å². The fraction of sp³-hybridized carbons (Fsp3) is 0.438. The number of nitrogens with one attached hydrogen (secondary N) is 1. The van der Waals surface area contributed by atoms with Crippen molar-refractivity contribution < 1.29 is 24.6 Å². The zero-order chi connectivity index (χ0) is 17.2. The summed E-state index contributed by atoms with van der Waals surface area (Å²) >= 11 is 5.79. The van der Waals surface area contributed by atoms with Gasteiger partial charge in [-0.15, -0.1) is 11.6 Å². The van der Waals surface area contributed by atoms with Gasteiger partial charge in [-0.1, -0.05) is 18.2 Å². The molecule has 0 spiro atoms. The van der Waals surface area contributed by atoms with Gasteiger partial charge in [0.1, 0.15) is 0 Å². The van der Waals surface area contributed by atoms with E-state index in [0.717, 1.165) is 25.9 Å². The monoisotopic (exact) mass is 341 g/mol. The lowest BCUT2D eigenvalue weighted by Crippen LogP contribution is -2.16. The maximum Gasteiger partial charge on any atom is 0.372 e. The third-order valence-electron chi connectivity index (χ3n) is 3.37. The summed E-state index contributed by atoms with van der Waals surface area (Å²) in [7, 11) is 0. The Hall–Kier alpha value is -1.92. The van der Waals surface area contributed by atoms with E-state index in [0.29, 0.717) is 5.88 Å². The molecule has 2 rings (SSSR count). The molecule has 0 saturated heterocycles. The highest BCUT2D eigenvalue weighted by Gasteiger charge is 2.12. The van der Waals surface area contributed by atoms with Crippen LogP contribution in [-0.4, -0.2) is 41.0 Å². The van der Waals surface area contributed by atoms with E-state index in [4.69, 9.17) is 21.8 Å². The van der Waals surface area contributed by atoms with Crippen molar-refractivity contribution in [2.45, 2.75) is 31.6 Å². The Morgan fingerprint density at radius 3 is 2.26 bits per heavy atom. The van der Waals surface area contributed by atoms with Crippen molar-refractivity contribution >= 4 is 29.3 Å². The Labute approximate surface area is 139 Å². The molecule has 0 aliphatic carbocycles. The quantitative estimate of drug-likeness (QED) is 0.555. The van der Waals surface area contributed by atoms with E-state index in [1.807, 2.05) is 0 Å². The minimum absolute atomic E-state index is 0.425. The normalized spacial score (nSPS) is 13.1. The summed E-state index contributed by atoms with van der Waals surface area (Å²) in [5.41, 5.74) is 4.20. The highest BCUT2D eigenvalue weighted by molar-refractivity contribution is 6.32. The molecule has 1 aliphatic heterocycles. The van der Waals surface area contributed by atoms with Crippen molar-refractivity contribution in [1.82, 2.24) is 5.32 Å². The SMILES string of the molecule is ClCc1ccc2c(c1)CCNCC2.O=C(O)CCC(=O)C(=O)O. The Bertz CT molecular complexity index is 574. The summed E-state index contributed by atoms with van der Waals surface area (Å²) in [5, 5.41) is 19.4. The first-order valence-corrected chi connectivity index (χ1v) is 7.82. The Morgan fingerprint density at radius 2 is 1.70 bits per heavy atom. The topological polar surface area (TPSA) is 104 Å². The van der Waals surface area contributed by atoms with Gasteiger partial charge in [-0.3, -0.25) is 9.59 Å². The van der Waals surface area contributed by atoms with Crippen molar-refractivity contribution in [2.24, 2.45) is 0 Å². The maximum absolute atomic E-state index is 10.2. The zero-order valence-electron chi connectivity index (χ0n) is 12.7. The molecular weight excluding hydrogens is 322 g/mol. The van der Waals surface area contributed by atoms with Gasteiger partial charge in [0, 0.05) is 12.3 Å². The lowest BCUT2D eigenvalue weighted by molar-refractivity contribution is -0.149. The molecule has 6 nitrogen and oxygen atoms in total. The fourth-order valence-electron chi connectivity index (χ4n) is 2.14. The minimum Gasteiger partial charge on any atom is -0.481 e. The molecule has 1 heterocycles. The van der Waals surface area contributed by atoms with Crippen LogP contribution in [0, 0.1) is 0 Å². The zero-order valence-corrected chi connectivity index (χ0v) is 13.4. The number of halogens is 1. The number of rotatable bonds is 5. The van der Waals surface area contributed by atoms with E-state index in [1.165, 1.54) is 16.7 Å². The van der Waals surface area contributed by atoms with Crippen molar-refractivity contribution in [1.29, 1.82) is 0 Å². The molecule has 0 radical (unpaired) electrons. The van der Waals surface area contributed by atoms with Gasteiger partial charge in [-0.25, -0.2) is 4.79 Å². The predicted molar refractivity (Wildman–Crippen MR) is 85.8 cm³/mol. The number of alkyl halides is 1. The van der Waals surface area contributed by atoms with Crippen LogP contribution in [0.2, 0.25) is 0 Å². The highest BCUT2D eigenvalue weighted by atomic mass is 35.5. The molecule has 0 unspecified atom stereocenters. The van der Waals surface area contributed by atoms with Crippen LogP contribution in [0.3, 0.4) is 0 Å². The van der Waals surface area contributed by atoms with E-state index >= 15 is 0 Å². The van der Waals surface area contributed by atoms with Crippen molar-refractivity contribution in [3.63, 3.8) is 0 Å². The first-order chi connectivity index (χ1) is 10.9. The van der Waals surface area contributed by atoms with Gasteiger partial charge in [0.2, 0.25) is 5.78 Å². The number of carboxylic acids is 2. The molecule has 126 valence electrons. The summed E-state index contributed by atoms with van der Waals surface area (Å²) < 4.78 is 0. The highest BCUT2D eigenvalue weighted by Crippen LogP contribution is 2.16. The number of carboxylic acid groups (broad SMARTS) is 2. The molecule has 1 aromatic carbocycles. The second kappa shape index (κ2) is 9.97. The number of carbonyl (C=O) groups is 3. The van der Waals surface area contributed by atoms with Crippen LogP contribution in [0.1, 0.15) is 29.5 Å². The second-order valence-corrected chi connectivity index (χ2v) is 5.38. The van der Waals surface area contributed by atoms with Gasteiger partial charge in [-0.05, 0) is 42.6 Å². The van der Waals surface area contributed by atoms with Gasteiger partial charge >= 0.3 is 11.9 Å². The predicted octanol–water partition coefficient (Wildman–Crippen LogP) is 1.62. The molecule has 3 N–H and O–H groups in total. The summed E-state index contributed by atoms with van der Waals surface area (Å²) in [6.45, 7) is 2.20. The summed E-state index contributed by atoms with van der Waals surface area (Å²) in [6.07, 6.45) is 1.42. The first-order valence-electron chi connectivity index (χ1n) is 7.29. The number of aliphatic carboxylic acids is 2. The Balaban J connectivity index is 0.000000241. The third-order valence-corrected chi connectivity index (χ3v) is 3.68. The second-order valence-electron chi connectivity index (χ2n) is 5.11. The van der Waals surface area contributed by atoms with Crippen molar-refractivity contribution in [2.75, 3.05) is 13.1 Å². The summed E-state index contributed by atoms with van der Waals surface area (Å²) in [4.78, 5) is 29.7. The van der Waals surface area contributed by atoms with Crippen LogP contribution in [0.5, 0.6) is 0 Å².